The van der Waals surface area contributed by atoms with Gasteiger partial charge < -0.3 is 9.84 Å². The number of hydrogen-bond donors (Lipinski definition) is 1. The number of ether oxygens (including phenoxy) is 1. The van der Waals surface area contributed by atoms with Crippen LogP contribution in [0.5, 0.6) is 5.75 Å². The second-order valence-electron chi connectivity index (χ2n) is 7.78. The van der Waals surface area contributed by atoms with Crippen LogP contribution in [0.4, 0.5) is 0 Å². The largest absolute Gasteiger partial charge is 0.497 e. The van der Waals surface area contributed by atoms with Gasteiger partial charge in [-0.3, -0.25) is 9.69 Å². The Morgan fingerprint density at radius 2 is 1.53 bits per heavy atom. The van der Waals surface area contributed by atoms with E-state index < -0.39 is 12.1 Å². The van der Waals surface area contributed by atoms with Crippen LogP contribution < -0.4 is 4.74 Å². The summed E-state index contributed by atoms with van der Waals surface area (Å²) in [7, 11) is 1.65. The lowest BCUT2D eigenvalue weighted by molar-refractivity contribution is 0.0690. The molecule has 3 aliphatic rings. The number of amides is 1. The Morgan fingerprint density at radius 1 is 0.867 bits per heavy atom. The summed E-state index contributed by atoms with van der Waals surface area (Å²) in [6, 6.07) is 23.0. The zero-order chi connectivity index (χ0) is 20.4. The number of hydrogen-bond acceptors (Lipinski definition) is 3. The molecular weight excluding hydrogens is 374 g/mol. The molecule has 146 valence electrons. The van der Waals surface area contributed by atoms with E-state index in [0.29, 0.717) is 5.56 Å². The van der Waals surface area contributed by atoms with E-state index in [1.54, 1.807) is 12.0 Å². The number of rotatable bonds is 2. The Balaban J connectivity index is 1.65. The number of carbonyl (C=O) groups excluding carboxylic acids is 1. The molecule has 3 aromatic carbocycles. The van der Waals surface area contributed by atoms with Crippen molar-refractivity contribution in [2.24, 2.45) is 0 Å². The van der Waals surface area contributed by atoms with Crippen LogP contribution in [0.1, 0.15) is 38.7 Å². The van der Waals surface area contributed by atoms with Gasteiger partial charge in [-0.25, -0.2) is 0 Å². The summed E-state index contributed by atoms with van der Waals surface area (Å²) in [4.78, 5) is 15.1. The highest BCUT2D eigenvalue weighted by Gasteiger charge is 2.49. The van der Waals surface area contributed by atoms with Gasteiger partial charge in [0.25, 0.3) is 5.91 Å². The zero-order valence-electron chi connectivity index (χ0n) is 16.4. The van der Waals surface area contributed by atoms with Crippen molar-refractivity contribution in [3.63, 3.8) is 0 Å². The molecule has 0 aromatic heterocycles. The number of methoxy groups -OCH3 is 1. The summed E-state index contributed by atoms with van der Waals surface area (Å²) in [5.41, 5.74) is 7.36. The summed E-state index contributed by atoms with van der Waals surface area (Å²) in [6.07, 6.45) is 1.32. The molecule has 0 bridgehead atoms. The van der Waals surface area contributed by atoms with Crippen molar-refractivity contribution in [3.05, 3.63) is 107 Å². The number of benzene rings is 3. The van der Waals surface area contributed by atoms with Crippen molar-refractivity contribution in [1.29, 1.82) is 0 Å². The lowest BCUT2D eigenvalue weighted by Crippen LogP contribution is -2.39. The Morgan fingerprint density at radius 3 is 2.27 bits per heavy atom. The molecule has 0 spiro atoms. The first-order valence-corrected chi connectivity index (χ1v) is 9.99. The van der Waals surface area contributed by atoms with Gasteiger partial charge in [0.05, 0.1) is 18.8 Å². The predicted molar refractivity (Wildman–Crippen MR) is 116 cm³/mol. The van der Waals surface area contributed by atoms with E-state index in [1.165, 1.54) is 0 Å². The molecule has 1 aliphatic carbocycles. The van der Waals surface area contributed by atoms with Gasteiger partial charge in [0.2, 0.25) is 0 Å². The van der Waals surface area contributed by atoms with Crippen molar-refractivity contribution in [2.45, 2.75) is 12.1 Å². The fourth-order valence-corrected chi connectivity index (χ4v) is 4.97. The summed E-state index contributed by atoms with van der Waals surface area (Å²) < 4.78 is 5.32. The Kier molecular flexibility index (Phi) is 3.55. The number of carbonyl (C=O) groups is 1. The quantitative estimate of drug-likeness (QED) is 0.696. The molecule has 3 aromatic rings. The van der Waals surface area contributed by atoms with Crippen LogP contribution in [-0.2, 0) is 0 Å². The van der Waals surface area contributed by atoms with Gasteiger partial charge in [0.1, 0.15) is 11.9 Å². The van der Waals surface area contributed by atoms with Gasteiger partial charge >= 0.3 is 0 Å². The second kappa shape index (κ2) is 6.18. The van der Waals surface area contributed by atoms with E-state index >= 15 is 0 Å². The molecule has 1 amide bonds. The fourth-order valence-electron chi connectivity index (χ4n) is 4.97. The number of nitrogens with zero attached hydrogens (tertiary/aromatic N) is 1. The van der Waals surface area contributed by atoms with Crippen molar-refractivity contribution in [1.82, 2.24) is 4.90 Å². The van der Waals surface area contributed by atoms with Crippen LogP contribution in [-0.4, -0.2) is 29.1 Å². The van der Waals surface area contributed by atoms with Crippen LogP contribution in [0, 0.1) is 0 Å². The molecule has 2 heterocycles. The van der Waals surface area contributed by atoms with Gasteiger partial charge in [-0.15, -0.1) is 0 Å². The number of fused-ring (bicyclic) bond motifs is 7. The van der Waals surface area contributed by atoms with E-state index in [4.69, 9.17) is 4.74 Å². The third kappa shape index (κ3) is 2.17. The Hall–Kier alpha value is -3.63. The van der Waals surface area contributed by atoms with E-state index in [9.17, 15) is 9.90 Å². The average molecular weight is 393 g/mol. The highest BCUT2D eigenvalue weighted by Crippen LogP contribution is 2.53. The molecule has 4 heteroatoms. The number of aliphatic hydroxyl groups excluding tert-OH is 1. The highest BCUT2D eigenvalue weighted by molar-refractivity contribution is 6.16. The first kappa shape index (κ1) is 17.2. The molecular formula is C26H19NO3. The van der Waals surface area contributed by atoms with Crippen molar-refractivity contribution in [3.8, 4) is 5.75 Å². The maximum absolute atomic E-state index is 13.3. The molecule has 6 rings (SSSR count). The molecule has 0 saturated carbocycles. The minimum absolute atomic E-state index is 0.0556. The Bertz CT molecular complexity index is 1270. The molecule has 0 fully saturated rings. The lowest BCUT2D eigenvalue weighted by atomic mass is 9.88. The van der Waals surface area contributed by atoms with Crippen LogP contribution >= 0.6 is 0 Å². The maximum Gasteiger partial charge on any atom is 0.259 e. The molecule has 0 saturated heterocycles. The van der Waals surface area contributed by atoms with Gasteiger partial charge in [-0.1, -0.05) is 54.6 Å². The minimum Gasteiger partial charge on any atom is -0.497 e. The van der Waals surface area contributed by atoms with Gasteiger partial charge in [0.15, 0.2) is 0 Å². The number of aliphatic hydroxyl groups is 1. The van der Waals surface area contributed by atoms with E-state index in [1.807, 2.05) is 72.8 Å². The molecule has 2 atom stereocenters. The van der Waals surface area contributed by atoms with Gasteiger partial charge in [0, 0.05) is 11.1 Å². The molecule has 4 nitrogen and oxygen atoms in total. The summed E-state index contributed by atoms with van der Waals surface area (Å²) in [5, 5.41) is 11.3. The zero-order valence-corrected chi connectivity index (χ0v) is 16.4. The lowest BCUT2D eigenvalue weighted by Gasteiger charge is -2.34. The molecule has 2 aliphatic heterocycles. The SMILES string of the molecule is COc1ccc(C2=C3c4ccccc4[C@@H](O)[C@@H]3N3C(=O)c4ccccc4C3=C2)cc1. The van der Waals surface area contributed by atoms with Crippen LogP contribution in [0.3, 0.4) is 0 Å². The molecule has 0 unspecified atom stereocenters. The van der Waals surface area contributed by atoms with Crippen LogP contribution in [0.25, 0.3) is 16.8 Å². The highest BCUT2D eigenvalue weighted by atomic mass is 16.5. The molecule has 1 N–H and O–H groups in total. The van der Waals surface area contributed by atoms with E-state index in [2.05, 4.69) is 6.08 Å². The van der Waals surface area contributed by atoms with E-state index in [0.717, 1.165) is 44.8 Å². The topological polar surface area (TPSA) is 49.8 Å². The first-order chi connectivity index (χ1) is 14.7. The molecule has 30 heavy (non-hydrogen) atoms. The third-order valence-corrected chi connectivity index (χ3v) is 6.33. The van der Waals surface area contributed by atoms with Crippen molar-refractivity contribution in [2.75, 3.05) is 7.11 Å². The fraction of sp³-hybridized carbons (Fsp3) is 0.115. The van der Waals surface area contributed by atoms with Crippen LogP contribution in [0.15, 0.2) is 78.9 Å². The minimum atomic E-state index is -0.772. The van der Waals surface area contributed by atoms with Crippen LogP contribution in [0.2, 0.25) is 0 Å². The average Bonchev–Trinajstić information content (AvgIpc) is 3.26. The maximum atomic E-state index is 13.3. The summed E-state index contributed by atoms with van der Waals surface area (Å²) in [6.45, 7) is 0. The normalized spacial score (nSPS) is 21.1. The van der Waals surface area contributed by atoms with Crippen molar-refractivity contribution >= 4 is 22.8 Å². The summed E-state index contributed by atoms with van der Waals surface area (Å²) >= 11 is 0. The third-order valence-electron chi connectivity index (χ3n) is 6.33. The summed E-state index contributed by atoms with van der Waals surface area (Å²) in [5.74, 6) is 0.735. The Labute approximate surface area is 174 Å². The standard InChI is InChI=1S/C26H19NO3/c1-30-16-12-10-15(11-13-16)21-14-22-17-6-2-5-9-20(17)26(29)27(22)24-23(21)18-7-3-4-8-19(18)25(24)28/h2-14,24-25,28H,1H3/t24-,25-/m1/s1. The van der Waals surface area contributed by atoms with Crippen molar-refractivity contribution < 1.29 is 14.6 Å². The second-order valence-corrected chi connectivity index (χ2v) is 7.78. The monoisotopic (exact) mass is 393 g/mol. The molecule has 0 radical (unpaired) electrons. The van der Waals surface area contributed by atoms with Gasteiger partial charge in [-0.2, -0.15) is 0 Å². The number of allylic oxidation sites excluding steroid dienone is 2. The smallest absolute Gasteiger partial charge is 0.259 e. The predicted octanol–water partition coefficient (Wildman–Crippen LogP) is 4.53. The van der Waals surface area contributed by atoms with Gasteiger partial charge in [-0.05, 0) is 52.1 Å². The first-order valence-electron chi connectivity index (χ1n) is 9.99. The van der Waals surface area contributed by atoms with E-state index in [-0.39, 0.29) is 5.91 Å².